The maximum absolute atomic E-state index is 5.47. The minimum Gasteiger partial charge on any atom is -0.325 e. The molecule has 0 spiro atoms. The second-order valence-corrected chi connectivity index (χ2v) is 2.85. The van der Waals surface area contributed by atoms with Crippen molar-refractivity contribution in [1.29, 1.82) is 0 Å². The van der Waals surface area contributed by atoms with Crippen molar-refractivity contribution in [3.05, 3.63) is 12.7 Å². The van der Waals surface area contributed by atoms with Gasteiger partial charge in [-0.2, -0.15) is 0 Å². The van der Waals surface area contributed by atoms with Crippen LogP contribution in [0.1, 0.15) is 33.1 Å². The van der Waals surface area contributed by atoms with Crippen molar-refractivity contribution in [2.75, 3.05) is 0 Å². The Balaban J connectivity index is 0.000000148. The third-order valence-corrected chi connectivity index (χ3v) is 1.33. The highest BCUT2D eigenvalue weighted by Crippen LogP contribution is 2.30. The molecule has 1 saturated carbocycles. The Morgan fingerprint density at radius 1 is 1.67 bits per heavy atom. The van der Waals surface area contributed by atoms with Gasteiger partial charge in [0.05, 0.1) is 0 Å². The van der Waals surface area contributed by atoms with Crippen LogP contribution < -0.4 is 5.73 Å². The largest absolute Gasteiger partial charge is 0.325 e. The van der Waals surface area contributed by atoms with E-state index in [2.05, 4.69) is 20.4 Å². The van der Waals surface area contributed by atoms with Crippen LogP contribution in [-0.4, -0.2) is 5.54 Å². The zero-order valence-electron chi connectivity index (χ0n) is 6.48. The van der Waals surface area contributed by atoms with Crippen LogP contribution in [0, 0.1) is 0 Å². The minimum absolute atomic E-state index is 0.250. The molecule has 9 heavy (non-hydrogen) atoms. The summed E-state index contributed by atoms with van der Waals surface area (Å²) in [6.45, 7) is 7.62. The Labute approximate surface area is 57.9 Å². The van der Waals surface area contributed by atoms with Gasteiger partial charge in [-0.05, 0) is 26.2 Å². The summed E-state index contributed by atoms with van der Waals surface area (Å²) < 4.78 is 0. The predicted octanol–water partition coefficient (Wildman–Crippen LogP) is 2.08. The van der Waals surface area contributed by atoms with Gasteiger partial charge >= 0.3 is 0 Å². The Bertz CT molecular complexity index is 78.6. The van der Waals surface area contributed by atoms with Crippen molar-refractivity contribution in [2.45, 2.75) is 38.6 Å². The zero-order chi connectivity index (χ0) is 7.33. The lowest BCUT2D eigenvalue weighted by molar-refractivity contribution is 0.762. The van der Waals surface area contributed by atoms with Gasteiger partial charge in [-0.25, -0.2) is 0 Å². The fourth-order valence-corrected chi connectivity index (χ4v) is 0.197. The highest BCUT2D eigenvalue weighted by molar-refractivity contribution is 4.93. The first-order chi connectivity index (χ1) is 4.12. The lowest BCUT2D eigenvalue weighted by atomic mass is 10.4. The van der Waals surface area contributed by atoms with Gasteiger partial charge in [-0.3, -0.25) is 0 Å². The summed E-state index contributed by atoms with van der Waals surface area (Å²) in [6, 6.07) is 0. The molecule has 0 heterocycles. The first-order valence-electron chi connectivity index (χ1n) is 3.52. The molecule has 0 saturated heterocycles. The molecule has 0 aromatic heterocycles. The third-order valence-electron chi connectivity index (χ3n) is 1.33. The average Bonchev–Trinajstić information content (AvgIpc) is 2.47. The van der Waals surface area contributed by atoms with Crippen molar-refractivity contribution in [3.8, 4) is 0 Å². The molecule has 1 heteroatoms. The molecule has 2 N–H and O–H groups in total. The monoisotopic (exact) mass is 127 g/mol. The van der Waals surface area contributed by atoms with Crippen LogP contribution in [0.2, 0.25) is 0 Å². The second-order valence-electron chi connectivity index (χ2n) is 2.85. The Morgan fingerprint density at radius 2 is 1.89 bits per heavy atom. The molecule has 0 aromatic carbocycles. The van der Waals surface area contributed by atoms with Gasteiger partial charge in [0.15, 0.2) is 0 Å². The van der Waals surface area contributed by atoms with E-state index in [1.165, 1.54) is 12.8 Å². The minimum atomic E-state index is 0.250. The van der Waals surface area contributed by atoms with E-state index in [1.54, 1.807) is 0 Å². The molecule has 0 atom stereocenters. The average molecular weight is 127 g/mol. The number of rotatable bonds is 1. The van der Waals surface area contributed by atoms with E-state index >= 15 is 0 Å². The fourth-order valence-electron chi connectivity index (χ4n) is 0.197. The predicted molar refractivity (Wildman–Crippen MR) is 42.3 cm³/mol. The van der Waals surface area contributed by atoms with Gasteiger partial charge in [0.2, 0.25) is 0 Å². The van der Waals surface area contributed by atoms with Crippen molar-refractivity contribution in [3.63, 3.8) is 0 Å². The molecule has 54 valence electrons. The van der Waals surface area contributed by atoms with Gasteiger partial charge in [0.1, 0.15) is 0 Å². The van der Waals surface area contributed by atoms with Crippen LogP contribution in [-0.2, 0) is 0 Å². The Kier molecular flexibility index (Phi) is 3.55. The van der Waals surface area contributed by atoms with Crippen molar-refractivity contribution in [2.24, 2.45) is 5.73 Å². The topological polar surface area (TPSA) is 26.0 Å². The van der Waals surface area contributed by atoms with Crippen molar-refractivity contribution < 1.29 is 0 Å². The highest BCUT2D eigenvalue weighted by atomic mass is 14.8. The second kappa shape index (κ2) is 3.67. The molecule has 0 aliphatic heterocycles. The number of nitrogens with two attached hydrogens (primary N) is 1. The quantitative estimate of drug-likeness (QED) is 0.536. The molecule has 1 rings (SSSR count). The van der Waals surface area contributed by atoms with E-state index in [1.807, 2.05) is 6.08 Å². The maximum Gasteiger partial charge on any atom is 0.0127 e. The number of hydrogen-bond acceptors (Lipinski definition) is 1. The normalized spacial score (nSPS) is 19.4. The lowest BCUT2D eigenvalue weighted by Gasteiger charge is -1.88. The molecule has 0 radical (unpaired) electrons. The van der Waals surface area contributed by atoms with Crippen LogP contribution in [0.15, 0.2) is 12.7 Å². The van der Waals surface area contributed by atoms with Gasteiger partial charge in [-0.15, -0.1) is 6.58 Å². The van der Waals surface area contributed by atoms with Crippen LogP contribution in [0.5, 0.6) is 0 Å². The van der Waals surface area contributed by atoms with E-state index < -0.39 is 0 Å². The van der Waals surface area contributed by atoms with Gasteiger partial charge in [0.25, 0.3) is 0 Å². The Morgan fingerprint density at radius 3 is 1.89 bits per heavy atom. The van der Waals surface area contributed by atoms with Crippen LogP contribution in [0.25, 0.3) is 0 Å². The maximum atomic E-state index is 5.47. The van der Waals surface area contributed by atoms with Crippen LogP contribution in [0.4, 0.5) is 0 Å². The molecule has 0 bridgehead atoms. The summed E-state index contributed by atoms with van der Waals surface area (Å²) in [6.07, 6.45) is 5.42. The molecule has 0 aromatic rings. The first kappa shape index (κ1) is 8.70. The molecule has 1 fully saturated rings. The molecular weight excluding hydrogens is 110 g/mol. The molecule has 1 aliphatic carbocycles. The molecular formula is C8H17N. The summed E-state index contributed by atoms with van der Waals surface area (Å²) in [5.41, 5.74) is 5.72. The van der Waals surface area contributed by atoms with E-state index in [9.17, 15) is 0 Å². The highest BCUT2D eigenvalue weighted by Gasteiger charge is 2.31. The zero-order valence-corrected chi connectivity index (χ0v) is 6.48. The van der Waals surface area contributed by atoms with E-state index in [4.69, 9.17) is 5.73 Å². The summed E-state index contributed by atoms with van der Waals surface area (Å²) in [5.74, 6) is 0. The van der Waals surface area contributed by atoms with Crippen molar-refractivity contribution in [1.82, 2.24) is 0 Å². The van der Waals surface area contributed by atoms with E-state index in [0.29, 0.717) is 0 Å². The molecule has 1 nitrogen and oxygen atoms in total. The lowest BCUT2D eigenvalue weighted by Crippen LogP contribution is -2.14. The number of hydrogen-bond donors (Lipinski definition) is 1. The molecule has 0 unspecified atom stereocenters. The van der Waals surface area contributed by atoms with E-state index in [0.717, 1.165) is 6.42 Å². The fraction of sp³-hybridized carbons (Fsp3) is 0.750. The van der Waals surface area contributed by atoms with Gasteiger partial charge in [-0.1, -0.05) is 13.0 Å². The van der Waals surface area contributed by atoms with E-state index in [-0.39, 0.29) is 5.54 Å². The number of allylic oxidation sites excluding steroid dienone is 1. The molecule has 0 amide bonds. The summed E-state index contributed by atoms with van der Waals surface area (Å²) in [5, 5.41) is 0. The summed E-state index contributed by atoms with van der Waals surface area (Å²) in [7, 11) is 0. The summed E-state index contributed by atoms with van der Waals surface area (Å²) >= 11 is 0. The third kappa shape index (κ3) is 7.70. The van der Waals surface area contributed by atoms with Gasteiger partial charge in [0, 0.05) is 5.54 Å². The molecule has 1 aliphatic rings. The first-order valence-corrected chi connectivity index (χ1v) is 3.52. The van der Waals surface area contributed by atoms with Gasteiger partial charge < -0.3 is 5.73 Å². The van der Waals surface area contributed by atoms with Crippen LogP contribution >= 0.6 is 0 Å². The van der Waals surface area contributed by atoms with Crippen molar-refractivity contribution >= 4 is 0 Å². The van der Waals surface area contributed by atoms with Crippen LogP contribution in [0.3, 0.4) is 0 Å². The standard InChI is InChI=1S/C4H9N.C4H8/c1-4(5)2-3-4;1-3-4-2/h2-3,5H2,1H3;3H,1,4H2,2H3. The SMILES string of the molecule is C=CCC.CC1(N)CC1. The summed E-state index contributed by atoms with van der Waals surface area (Å²) in [4.78, 5) is 0. The Hall–Kier alpha value is -0.300. The smallest absolute Gasteiger partial charge is 0.0127 e.